The fourth-order valence-electron chi connectivity index (χ4n) is 0.855. The third-order valence-corrected chi connectivity index (χ3v) is 1.38. The Labute approximate surface area is 65.7 Å². The highest BCUT2D eigenvalue weighted by molar-refractivity contribution is 5.38. The molecule has 60 valence electrons. The second-order valence-electron chi connectivity index (χ2n) is 2.71. The SMILES string of the molecule is Cc1cnc(N(C)C)c(F)c1. The molecule has 0 aliphatic rings. The molecule has 2 nitrogen and oxygen atoms in total. The van der Waals surface area contributed by atoms with E-state index in [4.69, 9.17) is 0 Å². The van der Waals surface area contributed by atoms with Gasteiger partial charge in [0.2, 0.25) is 0 Å². The molecule has 0 N–H and O–H groups in total. The van der Waals surface area contributed by atoms with Crippen LogP contribution >= 0.6 is 0 Å². The Morgan fingerprint density at radius 1 is 1.45 bits per heavy atom. The van der Waals surface area contributed by atoms with Crippen LogP contribution in [0.1, 0.15) is 5.56 Å². The summed E-state index contributed by atoms with van der Waals surface area (Å²) in [6.45, 7) is 1.82. The highest BCUT2D eigenvalue weighted by Gasteiger charge is 2.04. The molecule has 1 rings (SSSR count). The molecule has 0 aliphatic carbocycles. The predicted octanol–water partition coefficient (Wildman–Crippen LogP) is 1.60. The van der Waals surface area contributed by atoms with Gasteiger partial charge in [0.15, 0.2) is 11.6 Å². The average Bonchev–Trinajstić information content (AvgIpc) is 1.85. The lowest BCUT2D eigenvalue weighted by atomic mass is 10.3. The molecule has 0 atom stereocenters. The fourth-order valence-corrected chi connectivity index (χ4v) is 0.855. The Kier molecular flexibility index (Phi) is 2.08. The summed E-state index contributed by atoms with van der Waals surface area (Å²) < 4.78 is 13.0. The van der Waals surface area contributed by atoms with E-state index in [0.29, 0.717) is 5.82 Å². The number of aromatic nitrogens is 1. The van der Waals surface area contributed by atoms with Crippen LogP contribution in [0.5, 0.6) is 0 Å². The first-order valence-corrected chi connectivity index (χ1v) is 3.40. The normalized spacial score (nSPS) is 9.82. The Hall–Kier alpha value is -1.12. The van der Waals surface area contributed by atoms with Crippen LogP contribution in [0.2, 0.25) is 0 Å². The van der Waals surface area contributed by atoms with Crippen LogP contribution in [-0.4, -0.2) is 19.1 Å². The molecule has 1 heterocycles. The smallest absolute Gasteiger partial charge is 0.165 e. The van der Waals surface area contributed by atoms with E-state index in [2.05, 4.69) is 4.98 Å². The highest BCUT2D eigenvalue weighted by Crippen LogP contribution is 2.13. The highest BCUT2D eigenvalue weighted by atomic mass is 19.1. The first kappa shape index (κ1) is 7.98. The standard InChI is InChI=1S/C8H11FN2/c1-6-4-7(9)8(10-5-6)11(2)3/h4-5H,1-3H3. The van der Waals surface area contributed by atoms with Crippen LogP contribution in [0.4, 0.5) is 10.2 Å². The fraction of sp³-hybridized carbons (Fsp3) is 0.375. The maximum Gasteiger partial charge on any atom is 0.165 e. The van der Waals surface area contributed by atoms with Gasteiger partial charge in [0.1, 0.15) is 0 Å². The second kappa shape index (κ2) is 2.86. The van der Waals surface area contributed by atoms with Crippen molar-refractivity contribution in [3.8, 4) is 0 Å². The first-order valence-electron chi connectivity index (χ1n) is 3.40. The van der Waals surface area contributed by atoms with Crippen LogP contribution < -0.4 is 4.90 Å². The lowest BCUT2D eigenvalue weighted by Gasteiger charge is -2.11. The number of pyridine rings is 1. The van der Waals surface area contributed by atoms with E-state index in [0.717, 1.165) is 5.56 Å². The molecule has 0 aliphatic heterocycles. The van der Waals surface area contributed by atoms with Crippen LogP contribution in [0, 0.1) is 12.7 Å². The molecule has 0 amide bonds. The van der Waals surface area contributed by atoms with Gasteiger partial charge in [-0.05, 0) is 18.6 Å². The van der Waals surface area contributed by atoms with E-state index in [1.807, 2.05) is 6.92 Å². The largest absolute Gasteiger partial charge is 0.360 e. The minimum atomic E-state index is -0.269. The summed E-state index contributed by atoms with van der Waals surface area (Å²) >= 11 is 0. The number of nitrogens with zero attached hydrogens (tertiary/aromatic N) is 2. The monoisotopic (exact) mass is 154 g/mol. The molecule has 0 saturated heterocycles. The maximum atomic E-state index is 13.0. The van der Waals surface area contributed by atoms with Gasteiger partial charge in [-0.2, -0.15) is 0 Å². The molecule has 1 aromatic rings. The molecular weight excluding hydrogens is 143 g/mol. The zero-order chi connectivity index (χ0) is 8.43. The average molecular weight is 154 g/mol. The maximum absolute atomic E-state index is 13.0. The van der Waals surface area contributed by atoms with Crippen molar-refractivity contribution in [3.63, 3.8) is 0 Å². The summed E-state index contributed by atoms with van der Waals surface area (Å²) in [6.07, 6.45) is 1.65. The van der Waals surface area contributed by atoms with Gasteiger partial charge < -0.3 is 4.90 Å². The molecule has 0 bridgehead atoms. The minimum absolute atomic E-state index is 0.269. The van der Waals surface area contributed by atoms with Crippen LogP contribution in [0.3, 0.4) is 0 Å². The van der Waals surface area contributed by atoms with E-state index < -0.39 is 0 Å². The lowest BCUT2D eigenvalue weighted by Crippen LogP contribution is -2.12. The number of hydrogen-bond acceptors (Lipinski definition) is 2. The van der Waals surface area contributed by atoms with Crippen molar-refractivity contribution in [2.45, 2.75) is 6.92 Å². The van der Waals surface area contributed by atoms with Crippen molar-refractivity contribution >= 4 is 5.82 Å². The molecule has 0 spiro atoms. The number of halogens is 1. The van der Waals surface area contributed by atoms with Gasteiger partial charge in [-0.15, -0.1) is 0 Å². The van der Waals surface area contributed by atoms with Crippen molar-refractivity contribution in [1.82, 2.24) is 4.98 Å². The Bertz CT molecular complexity index is 258. The molecule has 1 aromatic heterocycles. The van der Waals surface area contributed by atoms with E-state index >= 15 is 0 Å². The number of rotatable bonds is 1. The summed E-state index contributed by atoms with van der Waals surface area (Å²) in [5, 5.41) is 0. The topological polar surface area (TPSA) is 16.1 Å². The summed E-state index contributed by atoms with van der Waals surface area (Å²) in [7, 11) is 3.53. The molecule has 0 aromatic carbocycles. The molecule has 0 saturated carbocycles. The zero-order valence-electron chi connectivity index (χ0n) is 6.93. The number of aryl methyl sites for hydroxylation is 1. The van der Waals surface area contributed by atoms with E-state index in [1.54, 1.807) is 25.2 Å². The minimum Gasteiger partial charge on any atom is -0.360 e. The van der Waals surface area contributed by atoms with Crippen molar-refractivity contribution in [2.24, 2.45) is 0 Å². The van der Waals surface area contributed by atoms with Crippen molar-refractivity contribution < 1.29 is 4.39 Å². The predicted molar refractivity (Wildman–Crippen MR) is 43.3 cm³/mol. The van der Waals surface area contributed by atoms with Crippen LogP contribution in [0.15, 0.2) is 12.3 Å². The van der Waals surface area contributed by atoms with Gasteiger partial charge in [-0.1, -0.05) is 0 Å². The Morgan fingerprint density at radius 3 is 2.55 bits per heavy atom. The molecule has 0 unspecified atom stereocenters. The number of hydrogen-bond donors (Lipinski definition) is 0. The van der Waals surface area contributed by atoms with E-state index in [1.165, 1.54) is 6.07 Å². The first-order chi connectivity index (χ1) is 5.11. The van der Waals surface area contributed by atoms with Gasteiger partial charge in [0.05, 0.1) is 0 Å². The van der Waals surface area contributed by atoms with Gasteiger partial charge >= 0.3 is 0 Å². The molecule has 3 heteroatoms. The number of anilines is 1. The van der Waals surface area contributed by atoms with Crippen LogP contribution in [0.25, 0.3) is 0 Å². The van der Waals surface area contributed by atoms with E-state index in [-0.39, 0.29) is 5.82 Å². The van der Waals surface area contributed by atoms with Gasteiger partial charge in [0, 0.05) is 20.3 Å². The van der Waals surface area contributed by atoms with Gasteiger partial charge in [-0.25, -0.2) is 9.37 Å². The second-order valence-corrected chi connectivity index (χ2v) is 2.71. The summed E-state index contributed by atoms with van der Waals surface area (Å²) in [4.78, 5) is 5.58. The zero-order valence-corrected chi connectivity index (χ0v) is 6.93. The van der Waals surface area contributed by atoms with E-state index in [9.17, 15) is 4.39 Å². The van der Waals surface area contributed by atoms with Gasteiger partial charge in [-0.3, -0.25) is 0 Å². The Balaban J connectivity index is 3.09. The summed E-state index contributed by atoms with van der Waals surface area (Å²) in [6, 6.07) is 1.47. The van der Waals surface area contributed by atoms with Crippen LogP contribution in [-0.2, 0) is 0 Å². The van der Waals surface area contributed by atoms with Crippen molar-refractivity contribution in [3.05, 3.63) is 23.6 Å². The molecule has 0 radical (unpaired) electrons. The van der Waals surface area contributed by atoms with Crippen molar-refractivity contribution in [2.75, 3.05) is 19.0 Å². The molecular formula is C8H11FN2. The third kappa shape index (κ3) is 1.67. The van der Waals surface area contributed by atoms with Gasteiger partial charge in [0.25, 0.3) is 0 Å². The lowest BCUT2D eigenvalue weighted by molar-refractivity contribution is 0.618. The summed E-state index contributed by atoms with van der Waals surface area (Å²) in [5.74, 6) is 0.116. The quantitative estimate of drug-likeness (QED) is 0.610. The van der Waals surface area contributed by atoms with Crippen molar-refractivity contribution in [1.29, 1.82) is 0 Å². The third-order valence-electron chi connectivity index (χ3n) is 1.38. The Morgan fingerprint density at radius 2 is 2.09 bits per heavy atom. The summed E-state index contributed by atoms with van der Waals surface area (Å²) in [5.41, 5.74) is 0.841. The molecule has 0 fully saturated rings. The molecule has 11 heavy (non-hydrogen) atoms.